The van der Waals surface area contributed by atoms with Crippen molar-refractivity contribution in [2.45, 2.75) is 63.6 Å². The van der Waals surface area contributed by atoms with Gasteiger partial charge in [-0.2, -0.15) is 0 Å². The Morgan fingerprint density at radius 2 is 1.88 bits per heavy atom. The van der Waals surface area contributed by atoms with Crippen LogP contribution in [0.15, 0.2) is 53.4 Å². The summed E-state index contributed by atoms with van der Waals surface area (Å²) in [5.41, 5.74) is 0.927. The lowest BCUT2D eigenvalue weighted by molar-refractivity contribution is -0.140. The SMILES string of the molecule is CC[C@H](C)NC(=O)[C@@H](C)N(Cc1cccc(OC)c1)C(=O)CCCSc1ccc(Cl)cc1. The molecule has 0 aromatic heterocycles. The van der Waals surface area contributed by atoms with E-state index in [1.54, 1.807) is 30.7 Å². The molecule has 0 saturated heterocycles. The number of nitrogens with one attached hydrogen (secondary N) is 1. The van der Waals surface area contributed by atoms with Gasteiger partial charge < -0.3 is 15.0 Å². The monoisotopic (exact) mass is 476 g/mol. The summed E-state index contributed by atoms with van der Waals surface area (Å²) in [7, 11) is 1.61. The summed E-state index contributed by atoms with van der Waals surface area (Å²) >= 11 is 7.62. The Bertz CT molecular complexity index is 876. The minimum absolute atomic E-state index is 0.0312. The van der Waals surface area contributed by atoms with E-state index in [0.29, 0.717) is 18.0 Å². The summed E-state index contributed by atoms with van der Waals surface area (Å²) in [6, 6.07) is 14.8. The zero-order valence-electron chi connectivity index (χ0n) is 19.3. The van der Waals surface area contributed by atoms with E-state index < -0.39 is 6.04 Å². The van der Waals surface area contributed by atoms with E-state index in [4.69, 9.17) is 16.3 Å². The number of thioether (sulfide) groups is 1. The lowest BCUT2D eigenvalue weighted by atomic mass is 10.1. The third-order valence-electron chi connectivity index (χ3n) is 5.27. The number of nitrogens with zero attached hydrogens (tertiary/aromatic N) is 1. The molecule has 0 fully saturated rings. The maximum absolute atomic E-state index is 13.1. The molecule has 174 valence electrons. The summed E-state index contributed by atoms with van der Waals surface area (Å²) in [5.74, 6) is 1.38. The number of benzene rings is 2. The molecule has 2 aromatic rings. The van der Waals surface area contributed by atoms with Crippen LogP contribution in [0.5, 0.6) is 5.75 Å². The van der Waals surface area contributed by atoms with Crippen molar-refractivity contribution in [2.75, 3.05) is 12.9 Å². The van der Waals surface area contributed by atoms with Gasteiger partial charge >= 0.3 is 0 Å². The van der Waals surface area contributed by atoms with Crippen LogP contribution >= 0.6 is 23.4 Å². The van der Waals surface area contributed by atoms with Crippen LogP contribution in [0.2, 0.25) is 5.02 Å². The molecule has 7 heteroatoms. The number of carbonyl (C=O) groups excluding carboxylic acids is 2. The number of ether oxygens (including phenoxy) is 1. The van der Waals surface area contributed by atoms with Crippen LogP contribution in [0.3, 0.4) is 0 Å². The van der Waals surface area contributed by atoms with Gasteiger partial charge in [-0.1, -0.05) is 30.7 Å². The molecule has 0 aliphatic rings. The summed E-state index contributed by atoms with van der Waals surface area (Å²) in [6.45, 7) is 6.13. The van der Waals surface area contributed by atoms with E-state index in [1.165, 1.54) is 0 Å². The lowest BCUT2D eigenvalue weighted by Gasteiger charge is -2.30. The number of rotatable bonds is 12. The molecular weight excluding hydrogens is 444 g/mol. The summed E-state index contributed by atoms with van der Waals surface area (Å²) < 4.78 is 5.31. The summed E-state index contributed by atoms with van der Waals surface area (Å²) in [6.07, 6.45) is 1.94. The Hall–Kier alpha value is -2.18. The van der Waals surface area contributed by atoms with E-state index in [9.17, 15) is 9.59 Å². The van der Waals surface area contributed by atoms with Gasteiger partial charge in [-0.15, -0.1) is 11.8 Å². The van der Waals surface area contributed by atoms with Crippen LogP contribution in [0, 0.1) is 0 Å². The van der Waals surface area contributed by atoms with Crippen molar-refractivity contribution in [3.63, 3.8) is 0 Å². The van der Waals surface area contributed by atoms with Gasteiger partial charge in [0.1, 0.15) is 11.8 Å². The van der Waals surface area contributed by atoms with E-state index in [-0.39, 0.29) is 17.9 Å². The second-order valence-electron chi connectivity index (χ2n) is 7.77. The first-order valence-corrected chi connectivity index (χ1v) is 12.3. The van der Waals surface area contributed by atoms with Crippen molar-refractivity contribution in [1.29, 1.82) is 0 Å². The van der Waals surface area contributed by atoms with Crippen LogP contribution < -0.4 is 10.1 Å². The van der Waals surface area contributed by atoms with Gasteiger partial charge in [-0.25, -0.2) is 0 Å². The second kappa shape index (κ2) is 13.4. The van der Waals surface area contributed by atoms with Gasteiger partial charge in [0, 0.05) is 28.9 Å². The minimum Gasteiger partial charge on any atom is -0.497 e. The fourth-order valence-electron chi connectivity index (χ4n) is 3.10. The van der Waals surface area contributed by atoms with Gasteiger partial charge in [-0.3, -0.25) is 9.59 Å². The fraction of sp³-hybridized carbons (Fsp3) is 0.440. The maximum Gasteiger partial charge on any atom is 0.242 e. The maximum atomic E-state index is 13.1. The van der Waals surface area contributed by atoms with Crippen LogP contribution in [-0.2, 0) is 16.1 Å². The number of methoxy groups -OCH3 is 1. The second-order valence-corrected chi connectivity index (χ2v) is 9.38. The van der Waals surface area contributed by atoms with Crippen molar-refractivity contribution < 1.29 is 14.3 Å². The Morgan fingerprint density at radius 3 is 2.53 bits per heavy atom. The molecule has 2 aromatic carbocycles. The topological polar surface area (TPSA) is 58.6 Å². The Balaban J connectivity index is 2.03. The van der Waals surface area contributed by atoms with E-state index in [2.05, 4.69) is 5.32 Å². The lowest BCUT2D eigenvalue weighted by Crippen LogP contribution is -2.49. The fourth-order valence-corrected chi connectivity index (χ4v) is 4.08. The first-order chi connectivity index (χ1) is 15.3. The van der Waals surface area contributed by atoms with Crippen LogP contribution in [0.25, 0.3) is 0 Å². The standard InChI is InChI=1S/C25H33ClN2O3S/c1-5-18(2)27-25(30)19(3)28(17-20-8-6-9-22(16-20)31-4)24(29)10-7-15-32-23-13-11-21(26)12-14-23/h6,8-9,11-14,16,18-19H,5,7,10,15,17H2,1-4H3,(H,27,30)/t18-,19+/m0/s1. The van der Waals surface area contributed by atoms with Gasteiger partial charge in [0.25, 0.3) is 0 Å². The third-order valence-corrected chi connectivity index (χ3v) is 6.62. The highest BCUT2D eigenvalue weighted by atomic mass is 35.5. The number of amides is 2. The van der Waals surface area contributed by atoms with Crippen molar-refractivity contribution in [3.05, 3.63) is 59.1 Å². The molecule has 0 spiro atoms. The largest absolute Gasteiger partial charge is 0.497 e. The third kappa shape index (κ3) is 8.40. The first kappa shape index (κ1) is 26.1. The molecule has 0 heterocycles. The Morgan fingerprint density at radius 1 is 1.16 bits per heavy atom. The quantitative estimate of drug-likeness (QED) is 0.322. The van der Waals surface area contributed by atoms with Crippen LogP contribution in [0.1, 0.15) is 45.6 Å². The Kier molecular flexibility index (Phi) is 10.9. The average molecular weight is 477 g/mol. The first-order valence-electron chi connectivity index (χ1n) is 10.9. The highest BCUT2D eigenvalue weighted by Gasteiger charge is 2.26. The van der Waals surface area contributed by atoms with E-state index in [1.807, 2.05) is 62.4 Å². The van der Waals surface area contributed by atoms with Gasteiger partial charge in [0.05, 0.1) is 7.11 Å². The van der Waals surface area contributed by atoms with Crippen molar-refractivity contribution in [1.82, 2.24) is 10.2 Å². The number of halogens is 1. The normalized spacial score (nSPS) is 12.7. The van der Waals surface area contributed by atoms with Crippen molar-refractivity contribution in [2.24, 2.45) is 0 Å². The van der Waals surface area contributed by atoms with Crippen LogP contribution in [-0.4, -0.2) is 41.7 Å². The highest BCUT2D eigenvalue weighted by molar-refractivity contribution is 7.99. The zero-order chi connectivity index (χ0) is 23.5. The molecular formula is C25H33ClN2O3S. The van der Waals surface area contributed by atoms with Gasteiger partial charge in [0.15, 0.2) is 0 Å². The molecule has 2 amide bonds. The number of hydrogen-bond donors (Lipinski definition) is 1. The molecule has 1 N–H and O–H groups in total. The molecule has 5 nitrogen and oxygen atoms in total. The summed E-state index contributed by atoms with van der Waals surface area (Å²) in [5, 5.41) is 3.70. The van der Waals surface area contributed by atoms with Crippen molar-refractivity contribution >= 4 is 35.2 Å². The molecule has 32 heavy (non-hydrogen) atoms. The molecule has 0 radical (unpaired) electrons. The van der Waals surface area contributed by atoms with Gasteiger partial charge in [0.2, 0.25) is 11.8 Å². The molecule has 0 aliphatic carbocycles. The highest BCUT2D eigenvalue weighted by Crippen LogP contribution is 2.22. The molecule has 2 rings (SSSR count). The predicted octanol–water partition coefficient (Wildman–Crippen LogP) is 5.55. The Labute approximate surface area is 200 Å². The predicted molar refractivity (Wildman–Crippen MR) is 132 cm³/mol. The molecule has 0 unspecified atom stereocenters. The molecule has 0 aliphatic heterocycles. The van der Waals surface area contributed by atoms with E-state index >= 15 is 0 Å². The summed E-state index contributed by atoms with van der Waals surface area (Å²) in [4.78, 5) is 28.7. The smallest absolute Gasteiger partial charge is 0.242 e. The zero-order valence-corrected chi connectivity index (χ0v) is 20.8. The van der Waals surface area contributed by atoms with Crippen LogP contribution in [0.4, 0.5) is 0 Å². The minimum atomic E-state index is -0.563. The van der Waals surface area contributed by atoms with Gasteiger partial charge in [-0.05, 0) is 74.4 Å². The number of carbonyl (C=O) groups is 2. The van der Waals surface area contributed by atoms with E-state index in [0.717, 1.165) is 34.8 Å². The number of hydrogen-bond acceptors (Lipinski definition) is 4. The molecule has 0 bridgehead atoms. The average Bonchev–Trinajstić information content (AvgIpc) is 2.80. The molecule has 2 atom stereocenters. The molecule has 0 saturated carbocycles. The van der Waals surface area contributed by atoms with Crippen molar-refractivity contribution in [3.8, 4) is 5.75 Å².